The van der Waals surface area contributed by atoms with Gasteiger partial charge in [-0.2, -0.15) is 0 Å². The normalized spacial score (nSPS) is 11.1. The molecule has 0 spiro atoms. The number of hydrogen-bond acceptors (Lipinski definition) is 4. The second-order valence-corrected chi connectivity index (χ2v) is 5.77. The molecule has 1 rings (SSSR count). The summed E-state index contributed by atoms with van der Waals surface area (Å²) >= 11 is 5.85. The van der Waals surface area contributed by atoms with Gasteiger partial charge in [0.2, 0.25) is 0 Å². The highest BCUT2D eigenvalue weighted by molar-refractivity contribution is 6.30. The van der Waals surface area contributed by atoms with Crippen LogP contribution < -0.4 is 5.73 Å². The number of ether oxygens (including phenoxy) is 1. The third-order valence-corrected chi connectivity index (χ3v) is 2.78. The van der Waals surface area contributed by atoms with Crippen LogP contribution in [0.2, 0.25) is 5.02 Å². The van der Waals surface area contributed by atoms with E-state index in [2.05, 4.69) is 0 Å². The van der Waals surface area contributed by atoms with Crippen molar-refractivity contribution in [3.63, 3.8) is 0 Å². The summed E-state index contributed by atoms with van der Waals surface area (Å²) in [6.07, 6.45) is 0. The Bertz CT molecular complexity index is 416. The number of carbonyl (C=O) groups excluding carboxylic acids is 1. The first-order valence-electron chi connectivity index (χ1n) is 6.12. The summed E-state index contributed by atoms with van der Waals surface area (Å²) in [5, 5.41) is 0.697. The van der Waals surface area contributed by atoms with Crippen LogP contribution in [-0.4, -0.2) is 36.6 Å². The van der Waals surface area contributed by atoms with Gasteiger partial charge in [0.15, 0.2) is 0 Å². The summed E-state index contributed by atoms with van der Waals surface area (Å²) in [4.78, 5) is 13.4. The van der Waals surface area contributed by atoms with Crippen LogP contribution in [0.15, 0.2) is 24.3 Å². The van der Waals surface area contributed by atoms with Gasteiger partial charge >= 0.3 is 5.97 Å². The van der Waals surface area contributed by atoms with Gasteiger partial charge in [0.05, 0.1) is 13.7 Å². The largest absolute Gasteiger partial charge is 0.468 e. The molecule has 0 fully saturated rings. The van der Waals surface area contributed by atoms with E-state index < -0.39 is 0 Å². The molecule has 0 atom stereocenters. The lowest BCUT2D eigenvalue weighted by Gasteiger charge is -2.29. The summed E-state index contributed by atoms with van der Waals surface area (Å²) in [7, 11) is 1.39. The number of benzene rings is 1. The van der Waals surface area contributed by atoms with E-state index in [0.29, 0.717) is 18.1 Å². The van der Waals surface area contributed by atoms with Crippen molar-refractivity contribution in [3.05, 3.63) is 34.9 Å². The molecule has 6 heteroatoms. The zero-order valence-corrected chi connectivity index (χ0v) is 13.6. The lowest BCUT2D eigenvalue weighted by molar-refractivity contribution is -0.142. The lowest BCUT2D eigenvalue weighted by atomic mass is 10.1. The van der Waals surface area contributed by atoms with E-state index in [4.69, 9.17) is 22.1 Å². The quantitative estimate of drug-likeness (QED) is 0.818. The van der Waals surface area contributed by atoms with E-state index in [1.165, 1.54) is 7.11 Å². The number of halogens is 2. The number of carbonyl (C=O) groups is 1. The average molecular weight is 321 g/mol. The fourth-order valence-electron chi connectivity index (χ4n) is 1.84. The molecule has 0 unspecified atom stereocenters. The number of methoxy groups -OCH3 is 1. The summed E-state index contributed by atoms with van der Waals surface area (Å²) in [5.41, 5.74) is 6.72. The Balaban J connectivity index is 0.00000361. The van der Waals surface area contributed by atoms with Gasteiger partial charge in [-0.05, 0) is 31.5 Å². The van der Waals surface area contributed by atoms with Gasteiger partial charge in [0.25, 0.3) is 0 Å². The molecular weight excluding hydrogens is 299 g/mol. The monoisotopic (exact) mass is 320 g/mol. The number of esters is 1. The molecule has 1 aromatic rings. The Labute approximate surface area is 131 Å². The third-order valence-electron chi connectivity index (χ3n) is 2.53. The summed E-state index contributed by atoms with van der Waals surface area (Å²) in [6.45, 7) is 5.32. The molecule has 114 valence electrons. The zero-order valence-electron chi connectivity index (χ0n) is 12.1. The molecule has 0 aliphatic rings. The lowest BCUT2D eigenvalue weighted by Crippen LogP contribution is -2.46. The summed E-state index contributed by atoms with van der Waals surface area (Å²) < 4.78 is 4.71. The predicted molar refractivity (Wildman–Crippen MR) is 84.3 cm³/mol. The van der Waals surface area contributed by atoms with Gasteiger partial charge in [0.1, 0.15) is 0 Å². The Morgan fingerprint density at radius 3 is 2.35 bits per heavy atom. The zero-order chi connectivity index (χ0) is 14.5. The Hall–Kier alpha value is -0.810. The topological polar surface area (TPSA) is 55.6 Å². The van der Waals surface area contributed by atoms with E-state index in [1.807, 2.05) is 43.0 Å². The minimum atomic E-state index is -0.375. The third kappa shape index (κ3) is 7.70. The molecule has 0 radical (unpaired) electrons. The molecule has 0 aromatic heterocycles. The highest BCUT2D eigenvalue weighted by Gasteiger charge is 2.19. The Kier molecular flexibility index (Phi) is 8.13. The van der Waals surface area contributed by atoms with Crippen LogP contribution in [-0.2, 0) is 16.1 Å². The Morgan fingerprint density at radius 1 is 1.35 bits per heavy atom. The van der Waals surface area contributed by atoms with E-state index >= 15 is 0 Å². The van der Waals surface area contributed by atoms with E-state index in [-0.39, 0.29) is 30.5 Å². The van der Waals surface area contributed by atoms with Gasteiger partial charge in [-0.3, -0.25) is 9.69 Å². The first kappa shape index (κ1) is 19.2. The number of nitrogens with two attached hydrogens (primary N) is 1. The van der Waals surface area contributed by atoms with Gasteiger partial charge in [-0.1, -0.05) is 23.7 Å². The molecule has 0 saturated carbocycles. The van der Waals surface area contributed by atoms with Crippen LogP contribution in [0, 0.1) is 0 Å². The number of nitrogens with zero attached hydrogens (tertiary/aromatic N) is 1. The fourth-order valence-corrected chi connectivity index (χ4v) is 1.97. The van der Waals surface area contributed by atoms with Crippen LogP contribution in [0.3, 0.4) is 0 Å². The van der Waals surface area contributed by atoms with E-state index in [0.717, 1.165) is 5.56 Å². The van der Waals surface area contributed by atoms with Crippen molar-refractivity contribution < 1.29 is 9.53 Å². The van der Waals surface area contributed by atoms with Gasteiger partial charge in [-0.15, -0.1) is 12.4 Å². The van der Waals surface area contributed by atoms with Crippen molar-refractivity contribution in [1.82, 2.24) is 4.90 Å². The van der Waals surface area contributed by atoms with Crippen molar-refractivity contribution in [2.45, 2.75) is 25.9 Å². The fraction of sp³-hybridized carbons (Fsp3) is 0.500. The summed E-state index contributed by atoms with van der Waals surface area (Å²) in [5.74, 6) is -0.266. The van der Waals surface area contributed by atoms with Gasteiger partial charge < -0.3 is 10.5 Å². The smallest absolute Gasteiger partial charge is 0.319 e. The molecular formula is C14H22Cl2N2O2. The van der Waals surface area contributed by atoms with Crippen LogP contribution in [0.1, 0.15) is 19.4 Å². The molecule has 0 heterocycles. The maximum absolute atomic E-state index is 11.4. The Morgan fingerprint density at radius 2 is 1.90 bits per heavy atom. The SMILES string of the molecule is COC(=O)CN(Cc1ccc(Cl)cc1)CC(C)(C)N.Cl. The average Bonchev–Trinajstić information content (AvgIpc) is 2.29. The van der Waals surface area contributed by atoms with E-state index in [9.17, 15) is 4.79 Å². The predicted octanol–water partition coefficient (Wildman–Crippen LogP) is 2.47. The number of hydrogen-bond donors (Lipinski definition) is 1. The first-order valence-corrected chi connectivity index (χ1v) is 6.50. The maximum Gasteiger partial charge on any atom is 0.319 e. The second-order valence-electron chi connectivity index (χ2n) is 5.34. The second kappa shape index (κ2) is 8.47. The molecule has 0 amide bonds. The van der Waals surface area contributed by atoms with Crippen molar-refractivity contribution in [2.75, 3.05) is 20.2 Å². The van der Waals surface area contributed by atoms with Gasteiger partial charge in [0, 0.05) is 23.7 Å². The standard InChI is InChI=1S/C14H21ClN2O2.ClH/c1-14(2,16)10-17(9-13(18)19-3)8-11-4-6-12(15)7-5-11;/h4-7H,8-10,16H2,1-3H3;1H. The van der Waals surface area contributed by atoms with Crippen molar-refractivity contribution in [1.29, 1.82) is 0 Å². The van der Waals surface area contributed by atoms with Crippen molar-refractivity contribution >= 4 is 30.0 Å². The van der Waals surface area contributed by atoms with Crippen molar-refractivity contribution in [2.24, 2.45) is 5.73 Å². The van der Waals surface area contributed by atoms with Crippen LogP contribution >= 0.6 is 24.0 Å². The van der Waals surface area contributed by atoms with E-state index in [1.54, 1.807) is 0 Å². The van der Waals surface area contributed by atoms with Gasteiger partial charge in [-0.25, -0.2) is 0 Å². The van der Waals surface area contributed by atoms with Crippen LogP contribution in [0.5, 0.6) is 0 Å². The molecule has 0 saturated heterocycles. The molecule has 2 N–H and O–H groups in total. The minimum absolute atomic E-state index is 0. The first-order chi connectivity index (χ1) is 8.80. The van der Waals surface area contributed by atoms with Crippen LogP contribution in [0.25, 0.3) is 0 Å². The molecule has 4 nitrogen and oxygen atoms in total. The van der Waals surface area contributed by atoms with Crippen LogP contribution in [0.4, 0.5) is 0 Å². The molecule has 0 bridgehead atoms. The highest BCUT2D eigenvalue weighted by atomic mass is 35.5. The van der Waals surface area contributed by atoms with Crippen molar-refractivity contribution in [3.8, 4) is 0 Å². The molecule has 20 heavy (non-hydrogen) atoms. The molecule has 0 aliphatic heterocycles. The maximum atomic E-state index is 11.4. The summed E-state index contributed by atoms with van der Waals surface area (Å²) in [6, 6.07) is 7.55. The number of rotatable bonds is 6. The highest BCUT2D eigenvalue weighted by Crippen LogP contribution is 2.13. The molecule has 1 aromatic carbocycles. The minimum Gasteiger partial charge on any atom is -0.468 e. The molecule has 0 aliphatic carbocycles.